The predicted molar refractivity (Wildman–Crippen MR) is 141 cm³/mol. The molecule has 0 radical (unpaired) electrons. The Labute approximate surface area is 221 Å². The summed E-state index contributed by atoms with van der Waals surface area (Å²) in [5.74, 6) is -2.09. The van der Waals surface area contributed by atoms with Gasteiger partial charge < -0.3 is 14.6 Å². The first-order chi connectivity index (χ1) is 18.3. The maximum Gasteiger partial charge on any atom is 0.350 e. The van der Waals surface area contributed by atoms with Crippen LogP contribution in [0.4, 0.5) is 5.13 Å². The zero-order valence-corrected chi connectivity index (χ0v) is 21.9. The average Bonchev–Trinajstić information content (AvgIpc) is 3.54. The number of imidazole rings is 1. The average molecular weight is 533 g/mol. The van der Waals surface area contributed by atoms with Crippen molar-refractivity contribution in [3.05, 3.63) is 81.8 Å². The summed E-state index contributed by atoms with van der Waals surface area (Å²) in [6, 6.07) is 11.3. The number of anilines is 1. The molecule has 194 valence electrons. The van der Waals surface area contributed by atoms with Gasteiger partial charge in [-0.1, -0.05) is 29.5 Å². The fourth-order valence-electron chi connectivity index (χ4n) is 4.55. The molecule has 0 bridgehead atoms. The Balaban J connectivity index is 1.74. The largest absolute Gasteiger partial charge is 0.505 e. The van der Waals surface area contributed by atoms with Crippen LogP contribution in [0.25, 0.3) is 11.4 Å². The van der Waals surface area contributed by atoms with E-state index >= 15 is 0 Å². The number of aromatic nitrogens is 3. The molecule has 1 aliphatic heterocycles. The van der Waals surface area contributed by atoms with Gasteiger partial charge >= 0.3 is 11.9 Å². The van der Waals surface area contributed by atoms with Crippen LogP contribution in [0.15, 0.2) is 54.2 Å². The number of benzene rings is 1. The van der Waals surface area contributed by atoms with Crippen molar-refractivity contribution in [2.75, 3.05) is 18.6 Å². The van der Waals surface area contributed by atoms with Gasteiger partial charge in [0, 0.05) is 6.20 Å². The molecule has 1 amide bonds. The van der Waals surface area contributed by atoms with Crippen molar-refractivity contribution in [1.29, 1.82) is 0 Å². The third kappa shape index (κ3) is 4.01. The van der Waals surface area contributed by atoms with Crippen molar-refractivity contribution in [3.63, 3.8) is 0 Å². The van der Waals surface area contributed by atoms with Crippen LogP contribution >= 0.6 is 11.3 Å². The Hall–Kier alpha value is -4.51. The lowest BCUT2D eigenvalue weighted by Crippen LogP contribution is -2.29. The lowest BCUT2D eigenvalue weighted by molar-refractivity contribution is -0.132. The summed E-state index contributed by atoms with van der Waals surface area (Å²) in [5, 5.41) is 11.7. The van der Waals surface area contributed by atoms with Crippen molar-refractivity contribution in [1.82, 2.24) is 14.4 Å². The van der Waals surface area contributed by atoms with E-state index in [1.807, 2.05) is 13.0 Å². The molecule has 1 aromatic carbocycles. The number of ketones is 1. The molecule has 1 atom stereocenters. The lowest BCUT2D eigenvalue weighted by Gasteiger charge is -2.23. The molecule has 1 fully saturated rings. The van der Waals surface area contributed by atoms with Crippen molar-refractivity contribution in [3.8, 4) is 5.75 Å². The number of ether oxygens (including phenoxy) is 2. The topological polar surface area (TPSA) is 123 Å². The van der Waals surface area contributed by atoms with Gasteiger partial charge in [-0.25, -0.2) is 14.8 Å². The minimum absolute atomic E-state index is 0.111. The van der Waals surface area contributed by atoms with Crippen LogP contribution < -0.4 is 9.64 Å². The number of nitrogens with zero attached hydrogens (tertiary/aromatic N) is 4. The van der Waals surface area contributed by atoms with Gasteiger partial charge in [0.15, 0.2) is 10.9 Å². The van der Waals surface area contributed by atoms with E-state index < -0.39 is 23.7 Å². The second-order valence-corrected chi connectivity index (χ2v) is 9.53. The molecule has 1 aliphatic rings. The second kappa shape index (κ2) is 9.75. The summed E-state index contributed by atoms with van der Waals surface area (Å²) < 4.78 is 12.1. The maximum absolute atomic E-state index is 13.5. The Bertz CT molecular complexity index is 1620. The summed E-state index contributed by atoms with van der Waals surface area (Å²) in [6.07, 6.45) is 1.72. The van der Waals surface area contributed by atoms with E-state index in [9.17, 15) is 19.5 Å². The normalized spacial score (nSPS) is 16.8. The molecule has 0 aliphatic carbocycles. The quantitative estimate of drug-likeness (QED) is 0.169. The van der Waals surface area contributed by atoms with Crippen LogP contribution in [-0.4, -0.2) is 50.9 Å². The van der Waals surface area contributed by atoms with Crippen LogP contribution in [0.2, 0.25) is 0 Å². The molecule has 1 unspecified atom stereocenters. The first-order valence-corrected chi connectivity index (χ1v) is 12.6. The number of carbonyl (C=O) groups is 3. The second-order valence-electron chi connectivity index (χ2n) is 8.55. The molecular weight excluding hydrogens is 508 g/mol. The molecule has 1 saturated heterocycles. The van der Waals surface area contributed by atoms with E-state index in [-0.39, 0.29) is 21.3 Å². The monoisotopic (exact) mass is 532 g/mol. The first-order valence-electron chi connectivity index (χ1n) is 11.8. The van der Waals surface area contributed by atoms with E-state index in [0.717, 1.165) is 11.3 Å². The van der Waals surface area contributed by atoms with Crippen molar-refractivity contribution in [2.45, 2.75) is 26.8 Å². The van der Waals surface area contributed by atoms with Crippen LogP contribution in [0.1, 0.15) is 45.3 Å². The number of methoxy groups -OCH3 is 1. The van der Waals surface area contributed by atoms with E-state index in [4.69, 9.17) is 9.47 Å². The molecule has 0 spiro atoms. The minimum atomic E-state index is -1.02. The highest BCUT2D eigenvalue weighted by Gasteiger charge is 2.49. The summed E-state index contributed by atoms with van der Waals surface area (Å²) in [4.78, 5) is 49.6. The number of thiazole rings is 1. The van der Waals surface area contributed by atoms with Gasteiger partial charge in [-0.05, 0) is 50.6 Å². The smallest absolute Gasteiger partial charge is 0.350 e. The van der Waals surface area contributed by atoms with Crippen LogP contribution in [0, 0.1) is 13.8 Å². The number of aryl methyl sites for hydroxylation is 2. The highest BCUT2D eigenvalue weighted by atomic mass is 32.1. The predicted octanol–water partition coefficient (Wildman–Crippen LogP) is 4.22. The van der Waals surface area contributed by atoms with Crippen molar-refractivity contribution >= 4 is 45.5 Å². The van der Waals surface area contributed by atoms with Crippen molar-refractivity contribution < 1.29 is 29.0 Å². The van der Waals surface area contributed by atoms with Gasteiger partial charge in [-0.2, -0.15) is 0 Å². The highest BCUT2D eigenvalue weighted by molar-refractivity contribution is 7.17. The summed E-state index contributed by atoms with van der Waals surface area (Å²) in [6.45, 7) is 5.68. The number of fused-ring (bicyclic) bond motifs is 1. The third-order valence-corrected chi connectivity index (χ3v) is 7.38. The summed E-state index contributed by atoms with van der Waals surface area (Å²) in [5.41, 5.74) is 2.18. The Morgan fingerprint density at radius 1 is 1.08 bits per heavy atom. The highest BCUT2D eigenvalue weighted by Crippen LogP contribution is 2.44. The van der Waals surface area contributed by atoms with Crippen LogP contribution in [0.5, 0.6) is 5.75 Å². The number of amides is 1. The molecule has 1 N–H and O–H groups in total. The van der Waals surface area contributed by atoms with Gasteiger partial charge in [0.2, 0.25) is 0 Å². The standard InChI is InChI=1S/C27H24N4O6S/c1-5-37-17-11-9-16(10-12-17)21-19(22(32)20-14(2)28-18-8-6-7-13-30(18)20)23(33)25(34)31(21)27-29-15(3)24(38-27)26(35)36-4/h6-13,21,32H,5H2,1-4H3. The van der Waals surface area contributed by atoms with E-state index in [1.165, 1.54) is 12.0 Å². The lowest BCUT2D eigenvalue weighted by atomic mass is 9.96. The number of Topliss-reactive ketones (excluding diaryl/α,β-unsaturated/α-hetero) is 1. The summed E-state index contributed by atoms with van der Waals surface area (Å²) >= 11 is 0.943. The van der Waals surface area contributed by atoms with Gasteiger partial charge in [-0.15, -0.1) is 0 Å². The van der Waals surface area contributed by atoms with Crippen molar-refractivity contribution in [2.24, 2.45) is 0 Å². The molecule has 11 heteroatoms. The molecule has 0 saturated carbocycles. The first kappa shape index (κ1) is 25.2. The number of aliphatic hydroxyl groups excluding tert-OH is 1. The maximum atomic E-state index is 13.5. The van der Waals surface area contributed by atoms with Gasteiger partial charge in [0.25, 0.3) is 5.78 Å². The number of aliphatic hydroxyl groups is 1. The number of esters is 1. The van der Waals surface area contributed by atoms with Gasteiger partial charge in [0.05, 0.1) is 36.7 Å². The van der Waals surface area contributed by atoms with E-state index in [1.54, 1.807) is 60.8 Å². The zero-order valence-electron chi connectivity index (χ0n) is 21.1. The molecule has 10 nitrogen and oxygen atoms in total. The number of pyridine rings is 1. The molecule has 5 rings (SSSR count). The van der Waals surface area contributed by atoms with Crippen LogP contribution in [-0.2, 0) is 14.3 Å². The Morgan fingerprint density at radius 3 is 2.50 bits per heavy atom. The fraction of sp³-hybridized carbons (Fsp3) is 0.222. The SMILES string of the molecule is CCOc1ccc(C2C(=C(O)c3c(C)nc4ccccn34)C(=O)C(=O)N2c2nc(C)c(C(=O)OC)s2)cc1. The number of hydrogen-bond acceptors (Lipinski definition) is 9. The Kier molecular flexibility index (Phi) is 6.45. The minimum Gasteiger partial charge on any atom is -0.505 e. The summed E-state index contributed by atoms with van der Waals surface area (Å²) in [7, 11) is 1.26. The molecule has 4 heterocycles. The molecule has 4 aromatic rings. The van der Waals surface area contributed by atoms with Gasteiger partial charge in [-0.3, -0.25) is 18.9 Å². The third-order valence-electron chi connectivity index (χ3n) is 6.24. The molecular formula is C27H24N4O6S. The number of hydrogen-bond donors (Lipinski definition) is 1. The zero-order chi connectivity index (χ0) is 27.1. The number of rotatable bonds is 6. The molecule has 3 aromatic heterocycles. The van der Waals surface area contributed by atoms with Crippen LogP contribution in [0.3, 0.4) is 0 Å². The Morgan fingerprint density at radius 2 is 1.82 bits per heavy atom. The van der Waals surface area contributed by atoms with E-state index in [2.05, 4.69) is 9.97 Å². The molecule has 38 heavy (non-hydrogen) atoms. The fourth-order valence-corrected chi connectivity index (χ4v) is 5.56. The van der Waals surface area contributed by atoms with Gasteiger partial charge in [0.1, 0.15) is 22.0 Å². The van der Waals surface area contributed by atoms with E-state index in [0.29, 0.717) is 40.6 Å². The number of carbonyl (C=O) groups excluding carboxylic acids is 3.